The number of hydrogen-bond acceptors (Lipinski definition) is 2. The zero-order valence-electron chi connectivity index (χ0n) is 6.72. The van der Waals surface area contributed by atoms with Crippen LogP contribution in [0.5, 0.6) is 0 Å². The first kappa shape index (κ1) is 8.02. The number of nitrogens with two attached hydrogens (primary N) is 2. The second-order valence-electron chi connectivity index (χ2n) is 3.33. The van der Waals surface area contributed by atoms with Gasteiger partial charge in [0.05, 0.1) is 0 Å². The standard InChI is InChI=1S/C8H18N2/c1-2-7(9)6-4-3-5-8(6)10/h6-8H,2-5,9-10H2,1H3/t6?,7-,8-/m0/s1. The molecule has 1 aliphatic carbocycles. The zero-order chi connectivity index (χ0) is 7.56. The van der Waals surface area contributed by atoms with E-state index in [1.807, 2.05) is 0 Å². The molecule has 3 atom stereocenters. The fraction of sp³-hybridized carbons (Fsp3) is 1.00. The average Bonchev–Trinajstić information content (AvgIpc) is 2.34. The molecule has 1 rings (SSSR count). The van der Waals surface area contributed by atoms with Gasteiger partial charge in [-0.25, -0.2) is 0 Å². The van der Waals surface area contributed by atoms with Crippen molar-refractivity contribution >= 4 is 0 Å². The minimum Gasteiger partial charge on any atom is -0.327 e. The van der Waals surface area contributed by atoms with E-state index in [4.69, 9.17) is 11.5 Å². The van der Waals surface area contributed by atoms with Gasteiger partial charge < -0.3 is 11.5 Å². The maximum Gasteiger partial charge on any atom is 0.00819 e. The molecular formula is C8H18N2. The summed E-state index contributed by atoms with van der Waals surface area (Å²) in [4.78, 5) is 0. The van der Waals surface area contributed by atoms with Crippen LogP contribution in [-0.4, -0.2) is 12.1 Å². The molecule has 0 spiro atoms. The van der Waals surface area contributed by atoms with Gasteiger partial charge in [-0.05, 0) is 25.2 Å². The summed E-state index contributed by atoms with van der Waals surface area (Å²) in [5.41, 5.74) is 11.8. The topological polar surface area (TPSA) is 52.0 Å². The molecule has 0 saturated heterocycles. The highest BCUT2D eigenvalue weighted by Crippen LogP contribution is 2.26. The van der Waals surface area contributed by atoms with Crippen molar-refractivity contribution in [3.63, 3.8) is 0 Å². The third-order valence-corrected chi connectivity index (χ3v) is 2.65. The molecule has 2 heteroatoms. The van der Waals surface area contributed by atoms with E-state index < -0.39 is 0 Å². The Labute approximate surface area is 63.0 Å². The predicted octanol–water partition coefficient (Wildman–Crippen LogP) is 0.851. The summed E-state index contributed by atoms with van der Waals surface area (Å²) < 4.78 is 0. The average molecular weight is 142 g/mol. The maximum absolute atomic E-state index is 5.89. The number of rotatable bonds is 2. The molecule has 1 fully saturated rings. The van der Waals surface area contributed by atoms with E-state index in [0.717, 1.165) is 6.42 Å². The summed E-state index contributed by atoms with van der Waals surface area (Å²) in [6, 6.07) is 0.729. The lowest BCUT2D eigenvalue weighted by Gasteiger charge is -2.21. The van der Waals surface area contributed by atoms with Crippen LogP contribution in [0, 0.1) is 5.92 Å². The molecule has 0 radical (unpaired) electrons. The van der Waals surface area contributed by atoms with Crippen molar-refractivity contribution in [3.05, 3.63) is 0 Å². The van der Waals surface area contributed by atoms with E-state index in [1.54, 1.807) is 0 Å². The van der Waals surface area contributed by atoms with Crippen LogP contribution in [0.3, 0.4) is 0 Å². The van der Waals surface area contributed by atoms with Crippen LogP contribution in [0.2, 0.25) is 0 Å². The first-order valence-electron chi connectivity index (χ1n) is 4.27. The molecule has 0 heterocycles. The first-order chi connectivity index (χ1) is 4.75. The van der Waals surface area contributed by atoms with Crippen molar-refractivity contribution in [2.24, 2.45) is 17.4 Å². The lowest BCUT2D eigenvalue weighted by Crippen LogP contribution is -2.38. The minimum absolute atomic E-state index is 0.345. The predicted molar refractivity (Wildman–Crippen MR) is 43.6 cm³/mol. The van der Waals surface area contributed by atoms with E-state index in [9.17, 15) is 0 Å². The molecule has 0 aromatic heterocycles. The van der Waals surface area contributed by atoms with E-state index in [2.05, 4.69) is 6.92 Å². The van der Waals surface area contributed by atoms with Crippen LogP contribution in [0.25, 0.3) is 0 Å². The summed E-state index contributed by atoms with van der Waals surface area (Å²) in [6.45, 7) is 2.13. The van der Waals surface area contributed by atoms with Crippen LogP contribution >= 0.6 is 0 Å². The Balaban J connectivity index is 2.38. The molecule has 60 valence electrons. The summed E-state index contributed by atoms with van der Waals surface area (Å²) in [7, 11) is 0. The Hall–Kier alpha value is -0.0800. The number of hydrogen-bond donors (Lipinski definition) is 2. The largest absolute Gasteiger partial charge is 0.327 e. The smallest absolute Gasteiger partial charge is 0.00819 e. The summed E-state index contributed by atoms with van der Waals surface area (Å²) in [5.74, 6) is 0.602. The fourth-order valence-corrected chi connectivity index (χ4v) is 1.85. The Morgan fingerprint density at radius 1 is 1.50 bits per heavy atom. The maximum atomic E-state index is 5.89. The van der Waals surface area contributed by atoms with Gasteiger partial charge in [-0.3, -0.25) is 0 Å². The quantitative estimate of drug-likeness (QED) is 0.600. The highest BCUT2D eigenvalue weighted by molar-refractivity contribution is 4.86. The fourth-order valence-electron chi connectivity index (χ4n) is 1.85. The Morgan fingerprint density at radius 2 is 2.20 bits per heavy atom. The summed E-state index contributed by atoms with van der Waals surface area (Å²) in [5, 5.41) is 0. The van der Waals surface area contributed by atoms with Gasteiger partial charge in [0.15, 0.2) is 0 Å². The van der Waals surface area contributed by atoms with Gasteiger partial charge in [-0.1, -0.05) is 13.3 Å². The molecule has 0 bridgehead atoms. The van der Waals surface area contributed by atoms with Crippen LogP contribution < -0.4 is 11.5 Å². The van der Waals surface area contributed by atoms with Crippen molar-refractivity contribution in [2.75, 3.05) is 0 Å². The van der Waals surface area contributed by atoms with E-state index in [0.29, 0.717) is 18.0 Å². The molecule has 1 aliphatic rings. The van der Waals surface area contributed by atoms with Crippen molar-refractivity contribution in [1.82, 2.24) is 0 Å². The van der Waals surface area contributed by atoms with Gasteiger partial charge in [0.1, 0.15) is 0 Å². The zero-order valence-corrected chi connectivity index (χ0v) is 6.72. The minimum atomic E-state index is 0.345. The van der Waals surface area contributed by atoms with Gasteiger partial charge in [0.25, 0.3) is 0 Å². The van der Waals surface area contributed by atoms with Gasteiger partial charge in [0.2, 0.25) is 0 Å². The Morgan fingerprint density at radius 3 is 2.60 bits per heavy atom. The van der Waals surface area contributed by atoms with Gasteiger partial charge >= 0.3 is 0 Å². The second-order valence-corrected chi connectivity index (χ2v) is 3.33. The van der Waals surface area contributed by atoms with Gasteiger partial charge in [-0.15, -0.1) is 0 Å². The normalized spacial score (nSPS) is 36.3. The molecule has 0 amide bonds. The van der Waals surface area contributed by atoms with Gasteiger partial charge in [0, 0.05) is 12.1 Å². The first-order valence-corrected chi connectivity index (χ1v) is 4.27. The molecule has 0 aliphatic heterocycles. The molecule has 4 N–H and O–H groups in total. The molecule has 2 nitrogen and oxygen atoms in total. The molecule has 0 aromatic carbocycles. The monoisotopic (exact) mass is 142 g/mol. The van der Waals surface area contributed by atoms with Crippen molar-refractivity contribution in [1.29, 1.82) is 0 Å². The van der Waals surface area contributed by atoms with E-state index >= 15 is 0 Å². The van der Waals surface area contributed by atoms with E-state index in [1.165, 1.54) is 19.3 Å². The molecular weight excluding hydrogens is 124 g/mol. The Bertz CT molecular complexity index is 103. The highest BCUT2D eigenvalue weighted by atomic mass is 14.7. The lowest BCUT2D eigenvalue weighted by molar-refractivity contribution is 0.382. The van der Waals surface area contributed by atoms with Crippen molar-refractivity contribution in [2.45, 2.75) is 44.7 Å². The van der Waals surface area contributed by atoms with Crippen LogP contribution in [0.1, 0.15) is 32.6 Å². The van der Waals surface area contributed by atoms with Crippen LogP contribution in [0.15, 0.2) is 0 Å². The van der Waals surface area contributed by atoms with Gasteiger partial charge in [-0.2, -0.15) is 0 Å². The third kappa shape index (κ3) is 1.50. The van der Waals surface area contributed by atoms with Crippen LogP contribution in [0.4, 0.5) is 0 Å². The summed E-state index contributed by atoms with van der Waals surface area (Å²) in [6.07, 6.45) is 4.77. The molecule has 10 heavy (non-hydrogen) atoms. The van der Waals surface area contributed by atoms with Crippen molar-refractivity contribution in [3.8, 4) is 0 Å². The molecule has 1 unspecified atom stereocenters. The SMILES string of the molecule is CC[C@H](N)C1CCC[C@@H]1N. The highest BCUT2D eigenvalue weighted by Gasteiger charge is 2.27. The Kier molecular flexibility index (Phi) is 2.69. The van der Waals surface area contributed by atoms with Crippen molar-refractivity contribution < 1.29 is 0 Å². The summed E-state index contributed by atoms with van der Waals surface area (Å²) >= 11 is 0. The lowest BCUT2D eigenvalue weighted by atomic mass is 9.94. The van der Waals surface area contributed by atoms with E-state index in [-0.39, 0.29) is 0 Å². The second kappa shape index (κ2) is 3.35. The molecule has 0 aromatic rings. The third-order valence-electron chi connectivity index (χ3n) is 2.65. The van der Waals surface area contributed by atoms with Crippen LogP contribution in [-0.2, 0) is 0 Å². The molecule has 1 saturated carbocycles.